The van der Waals surface area contributed by atoms with Crippen LogP contribution in [0.4, 0.5) is 5.69 Å². The average Bonchev–Trinajstić information content (AvgIpc) is 3.03. The monoisotopic (exact) mass is 273 g/mol. The van der Waals surface area contributed by atoms with Gasteiger partial charge in [-0.25, -0.2) is 4.79 Å². The number of rotatable bonds is 3. The summed E-state index contributed by atoms with van der Waals surface area (Å²) in [6, 6.07) is 3.85. The quantitative estimate of drug-likeness (QED) is 0.582. The highest BCUT2D eigenvalue weighted by Crippen LogP contribution is 2.44. The summed E-state index contributed by atoms with van der Waals surface area (Å²) >= 11 is 0. The van der Waals surface area contributed by atoms with E-state index in [0.29, 0.717) is 5.92 Å². The second-order valence-electron chi connectivity index (χ2n) is 5.41. The smallest absolute Gasteiger partial charge is 0.335 e. The lowest BCUT2D eigenvalue weighted by molar-refractivity contribution is -0.120. The van der Waals surface area contributed by atoms with Gasteiger partial charge in [0.15, 0.2) is 0 Å². The van der Waals surface area contributed by atoms with E-state index in [4.69, 9.17) is 5.11 Å². The van der Waals surface area contributed by atoms with Gasteiger partial charge in [-0.1, -0.05) is 12.2 Å². The lowest BCUT2D eigenvalue weighted by atomic mass is 9.92. The second-order valence-corrected chi connectivity index (χ2v) is 5.41. The average molecular weight is 273 g/mol. The molecule has 2 aliphatic carbocycles. The maximum atomic E-state index is 12.2. The van der Waals surface area contributed by atoms with E-state index in [9.17, 15) is 14.7 Å². The van der Waals surface area contributed by atoms with Crippen molar-refractivity contribution in [1.82, 2.24) is 0 Å². The molecule has 5 heteroatoms. The SMILES string of the molecule is O=C(O)c1ccc(O)c(NC(=O)C2CC3C=CC2C3)c1. The number of carbonyl (C=O) groups excluding carboxylic acids is 1. The molecule has 1 aromatic carbocycles. The van der Waals surface area contributed by atoms with E-state index in [1.807, 2.05) is 0 Å². The Kier molecular flexibility index (Phi) is 2.97. The number of amides is 1. The zero-order chi connectivity index (χ0) is 14.3. The van der Waals surface area contributed by atoms with Crippen molar-refractivity contribution in [3.63, 3.8) is 0 Å². The number of phenolic OH excluding ortho intramolecular Hbond substituents is 1. The highest BCUT2D eigenvalue weighted by atomic mass is 16.4. The van der Waals surface area contributed by atoms with Gasteiger partial charge in [0, 0.05) is 5.92 Å². The van der Waals surface area contributed by atoms with Crippen molar-refractivity contribution in [3.05, 3.63) is 35.9 Å². The van der Waals surface area contributed by atoms with Crippen LogP contribution in [0.5, 0.6) is 5.75 Å². The molecule has 1 saturated carbocycles. The summed E-state index contributed by atoms with van der Waals surface area (Å²) in [5, 5.41) is 21.3. The fourth-order valence-electron chi connectivity index (χ4n) is 3.08. The van der Waals surface area contributed by atoms with Gasteiger partial charge < -0.3 is 15.5 Å². The first-order valence-corrected chi connectivity index (χ1v) is 6.60. The van der Waals surface area contributed by atoms with Gasteiger partial charge >= 0.3 is 5.97 Å². The minimum Gasteiger partial charge on any atom is -0.506 e. The number of hydrogen-bond acceptors (Lipinski definition) is 3. The minimum absolute atomic E-state index is 0.0333. The van der Waals surface area contributed by atoms with Gasteiger partial charge in [-0.3, -0.25) is 4.79 Å². The molecule has 20 heavy (non-hydrogen) atoms. The summed E-state index contributed by atoms with van der Waals surface area (Å²) in [7, 11) is 0. The number of allylic oxidation sites excluding steroid dienone is 2. The molecule has 1 fully saturated rings. The van der Waals surface area contributed by atoms with Crippen molar-refractivity contribution >= 4 is 17.6 Å². The van der Waals surface area contributed by atoms with Crippen LogP contribution in [-0.4, -0.2) is 22.1 Å². The van der Waals surface area contributed by atoms with E-state index in [1.54, 1.807) is 0 Å². The van der Waals surface area contributed by atoms with E-state index < -0.39 is 5.97 Å². The first kappa shape index (κ1) is 12.7. The van der Waals surface area contributed by atoms with Crippen LogP contribution in [0, 0.1) is 17.8 Å². The molecule has 3 rings (SSSR count). The maximum Gasteiger partial charge on any atom is 0.335 e. The van der Waals surface area contributed by atoms with E-state index >= 15 is 0 Å². The van der Waals surface area contributed by atoms with Crippen molar-refractivity contribution in [1.29, 1.82) is 0 Å². The molecule has 3 N–H and O–H groups in total. The Morgan fingerprint density at radius 1 is 1.20 bits per heavy atom. The predicted molar refractivity (Wildman–Crippen MR) is 72.5 cm³/mol. The number of aromatic hydroxyl groups is 1. The van der Waals surface area contributed by atoms with Gasteiger partial charge in [-0.05, 0) is 42.9 Å². The van der Waals surface area contributed by atoms with Crippen molar-refractivity contribution in [3.8, 4) is 5.75 Å². The van der Waals surface area contributed by atoms with Gasteiger partial charge in [-0.15, -0.1) is 0 Å². The van der Waals surface area contributed by atoms with Crippen molar-refractivity contribution < 1.29 is 19.8 Å². The van der Waals surface area contributed by atoms with Crippen LogP contribution >= 0.6 is 0 Å². The van der Waals surface area contributed by atoms with Gasteiger partial charge in [-0.2, -0.15) is 0 Å². The molecule has 5 nitrogen and oxygen atoms in total. The number of anilines is 1. The third-order valence-corrected chi connectivity index (χ3v) is 4.12. The number of carbonyl (C=O) groups is 2. The van der Waals surface area contributed by atoms with E-state index in [1.165, 1.54) is 18.2 Å². The third-order valence-electron chi connectivity index (χ3n) is 4.12. The summed E-state index contributed by atoms with van der Waals surface area (Å²) in [6.45, 7) is 0. The number of fused-ring (bicyclic) bond motifs is 2. The van der Waals surface area contributed by atoms with Gasteiger partial charge in [0.2, 0.25) is 5.91 Å². The number of carboxylic acid groups (broad SMARTS) is 1. The number of carboxylic acids is 1. The number of hydrogen-bond donors (Lipinski definition) is 3. The summed E-state index contributed by atoms with van der Waals surface area (Å²) in [4.78, 5) is 23.1. The van der Waals surface area contributed by atoms with E-state index in [0.717, 1.165) is 12.8 Å². The van der Waals surface area contributed by atoms with E-state index in [-0.39, 0.29) is 34.7 Å². The maximum absolute atomic E-state index is 12.2. The molecule has 1 amide bonds. The standard InChI is InChI=1S/C15H15NO4/c17-13-4-3-10(15(19)20)7-12(13)16-14(18)11-6-8-1-2-9(11)5-8/h1-4,7-9,11,17H,5-6H2,(H,16,18)(H,19,20). The molecule has 0 saturated heterocycles. The largest absolute Gasteiger partial charge is 0.506 e. The molecule has 0 spiro atoms. The van der Waals surface area contributed by atoms with Gasteiger partial charge in [0.05, 0.1) is 11.3 Å². The molecule has 0 heterocycles. The van der Waals surface area contributed by atoms with Crippen LogP contribution in [0.1, 0.15) is 23.2 Å². The first-order chi connectivity index (χ1) is 9.54. The Morgan fingerprint density at radius 3 is 2.60 bits per heavy atom. The summed E-state index contributed by atoms with van der Waals surface area (Å²) in [5.41, 5.74) is 0.188. The Labute approximate surface area is 115 Å². The van der Waals surface area contributed by atoms with Gasteiger partial charge in [0.1, 0.15) is 5.75 Å². The second kappa shape index (κ2) is 4.67. The summed E-state index contributed by atoms with van der Waals surface area (Å²) in [6.07, 6.45) is 6.06. The highest BCUT2D eigenvalue weighted by Gasteiger charge is 2.39. The number of phenols is 1. The molecule has 2 aliphatic rings. The summed E-state index contributed by atoms with van der Waals surface area (Å²) in [5.74, 6) is -0.706. The molecule has 3 atom stereocenters. The summed E-state index contributed by atoms with van der Waals surface area (Å²) < 4.78 is 0. The van der Waals surface area contributed by atoms with Crippen LogP contribution in [-0.2, 0) is 4.79 Å². The van der Waals surface area contributed by atoms with Crippen molar-refractivity contribution in [2.75, 3.05) is 5.32 Å². The topological polar surface area (TPSA) is 86.6 Å². The van der Waals surface area contributed by atoms with Crippen molar-refractivity contribution in [2.45, 2.75) is 12.8 Å². The van der Waals surface area contributed by atoms with Crippen LogP contribution in [0.3, 0.4) is 0 Å². The molecule has 2 bridgehead atoms. The molecule has 0 aromatic heterocycles. The number of nitrogens with one attached hydrogen (secondary N) is 1. The van der Waals surface area contributed by atoms with Gasteiger partial charge in [0.25, 0.3) is 0 Å². The lowest BCUT2D eigenvalue weighted by Crippen LogP contribution is -2.26. The lowest BCUT2D eigenvalue weighted by Gasteiger charge is -2.18. The first-order valence-electron chi connectivity index (χ1n) is 6.60. The van der Waals surface area contributed by atoms with Crippen molar-refractivity contribution in [2.24, 2.45) is 17.8 Å². The highest BCUT2D eigenvalue weighted by molar-refractivity contribution is 5.97. The molecule has 0 radical (unpaired) electrons. The number of benzene rings is 1. The molecule has 0 aliphatic heterocycles. The normalized spacial score (nSPS) is 26.7. The van der Waals surface area contributed by atoms with Crippen LogP contribution in [0.15, 0.2) is 30.4 Å². The Hall–Kier alpha value is -2.30. The predicted octanol–water partition coefficient (Wildman–Crippen LogP) is 2.24. The molecular weight excluding hydrogens is 258 g/mol. The molecule has 3 unspecified atom stereocenters. The van der Waals surface area contributed by atoms with Crippen LogP contribution < -0.4 is 5.32 Å². The zero-order valence-corrected chi connectivity index (χ0v) is 10.7. The van der Waals surface area contributed by atoms with E-state index in [2.05, 4.69) is 17.5 Å². The number of aromatic carboxylic acids is 1. The van der Waals surface area contributed by atoms with Crippen LogP contribution in [0.2, 0.25) is 0 Å². The fourth-order valence-corrected chi connectivity index (χ4v) is 3.08. The zero-order valence-electron chi connectivity index (χ0n) is 10.7. The van der Waals surface area contributed by atoms with Crippen LogP contribution in [0.25, 0.3) is 0 Å². The Bertz CT molecular complexity index is 608. The molecule has 1 aromatic rings. The third kappa shape index (κ3) is 2.15. The Balaban J connectivity index is 1.77. The minimum atomic E-state index is -1.09. The molecule has 104 valence electrons. The Morgan fingerprint density at radius 2 is 2.00 bits per heavy atom. The fraction of sp³-hybridized carbons (Fsp3) is 0.333. The molecular formula is C15H15NO4.